The van der Waals surface area contributed by atoms with Crippen molar-refractivity contribution >= 4 is 17.3 Å². The van der Waals surface area contributed by atoms with E-state index >= 15 is 0 Å². The summed E-state index contributed by atoms with van der Waals surface area (Å²) in [6, 6.07) is 15.1. The standard InChI is InChI=1S/C20H24N2O3/c1-2-13-25-17-9-7-16(8-10-17)20(23)21-18-5-3-4-6-19(18)22-11-14-24-15-12-22/h3-10H,2,11-15H2,1H3,(H,21,23). The maximum absolute atomic E-state index is 12.6. The summed E-state index contributed by atoms with van der Waals surface area (Å²) in [5.41, 5.74) is 2.46. The maximum atomic E-state index is 12.6. The van der Waals surface area contributed by atoms with Gasteiger partial charge in [-0.05, 0) is 42.8 Å². The van der Waals surface area contributed by atoms with E-state index in [1.165, 1.54) is 0 Å². The van der Waals surface area contributed by atoms with Crippen LogP contribution < -0.4 is 15.0 Å². The third kappa shape index (κ3) is 4.51. The predicted molar refractivity (Wildman–Crippen MR) is 99.7 cm³/mol. The fraction of sp³-hybridized carbons (Fsp3) is 0.350. The highest BCUT2D eigenvalue weighted by Gasteiger charge is 2.16. The highest BCUT2D eigenvalue weighted by molar-refractivity contribution is 6.06. The van der Waals surface area contributed by atoms with E-state index < -0.39 is 0 Å². The molecule has 5 heteroatoms. The molecule has 25 heavy (non-hydrogen) atoms. The van der Waals surface area contributed by atoms with Crippen LogP contribution >= 0.6 is 0 Å². The number of nitrogens with zero attached hydrogens (tertiary/aromatic N) is 1. The number of amides is 1. The van der Waals surface area contributed by atoms with Crippen molar-refractivity contribution in [2.75, 3.05) is 43.1 Å². The normalized spacial score (nSPS) is 14.2. The van der Waals surface area contributed by atoms with E-state index in [0.717, 1.165) is 36.6 Å². The van der Waals surface area contributed by atoms with Crippen LogP contribution in [-0.4, -0.2) is 38.8 Å². The molecule has 1 amide bonds. The van der Waals surface area contributed by atoms with Gasteiger partial charge in [-0.25, -0.2) is 0 Å². The molecule has 0 bridgehead atoms. The molecule has 1 fully saturated rings. The van der Waals surface area contributed by atoms with Gasteiger partial charge in [-0.2, -0.15) is 0 Å². The Kier molecular flexibility index (Phi) is 5.90. The molecule has 3 rings (SSSR count). The SMILES string of the molecule is CCCOc1ccc(C(=O)Nc2ccccc2N2CCOCC2)cc1. The second kappa shape index (κ2) is 8.53. The van der Waals surface area contributed by atoms with E-state index in [2.05, 4.69) is 17.1 Å². The van der Waals surface area contributed by atoms with Gasteiger partial charge < -0.3 is 19.7 Å². The van der Waals surface area contributed by atoms with Crippen molar-refractivity contribution in [3.63, 3.8) is 0 Å². The smallest absolute Gasteiger partial charge is 0.255 e. The third-order valence-electron chi connectivity index (χ3n) is 4.09. The molecule has 1 N–H and O–H groups in total. The average molecular weight is 340 g/mol. The number of rotatable bonds is 6. The molecule has 0 spiro atoms. The number of hydrogen-bond acceptors (Lipinski definition) is 4. The number of carbonyl (C=O) groups excluding carboxylic acids is 1. The lowest BCUT2D eigenvalue weighted by Gasteiger charge is -2.30. The Morgan fingerprint density at radius 3 is 2.56 bits per heavy atom. The maximum Gasteiger partial charge on any atom is 0.255 e. The molecule has 5 nitrogen and oxygen atoms in total. The lowest BCUT2D eigenvalue weighted by Crippen LogP contribution is -2.36. The minimum absolute atomic E-state index is 0.122. The van der Waals surface area contributed by atoms with E-state index in [9.17, 15) is 4.79 Å². The Labute approximate surface area is 148 Å². The van der Waals surface area contributed by atoms with E-state index in [-0.39, 0.29) is 5.91 Å². The summed E-state index contributed by atoms with van der Waals surface area (Å²) in [5, 5.41) is 3.02. The summed E-state index contributed by atoms with van der Waals surface area (Å²) in [6.07, 6.45) is 0.959. The summed E-state index contributed by atoms with van der Waals surface area (Å²) in [5.74, 6) is 0.662. The van der Waals surface area contributed by atoms with Gasteiger partial charge in [0.2, 0.25) is 0 Å². The van der Waals surface area contributed by atoms with Crippen LogP contribution in [0, 0.1) is 0 Å². The van der Waals surface area contributed by atoms with E-state index in [4.69, 9.17) is 9.47 Å². The van der Waals surface area contributed by atoms with Gasteiger partial charge in [0.25, 0.3) is 5.91 Å². The van der Waals surface area contributed by atoms with E-state index in [1.54, 1.807) is 12.1 Å². The molecule has 2 aromatic rings. The van der Waals surface area contributed by atoms with Crippen molar-refractivity contribution in [2.45, 2.75) is 13.3 Å². The zero-order valence-corrected chi connectivity index (χ0v) is 14.5. The van der Waals surface area contributed by atoms with Gasteiger partial charge in [-0.15, -0.1) is 0 Å². The Balaban J connectivity index is 1.70. The van der Waals surface area contributed by atoms with Crippen LogP contribution in [0.1, 0.15) is 23.7 Å². The molecule has 0 unspecified atom stereocenters. The second-order valence-corrected chi connectivity index (χ2v) is 5.94. The first kappa shape index (κ1) is 17.3. The molecule has 0 aliphatic carbocycles. The number of morpholine rings is 1. The first-order valence-corrected chi connectivity index (χ1v) is 8.74. The molecular weight excluding hydrogens is 316 g/mol. The number of nitrogens with one attached hydrogen (secondary N) is 1. The second-order valence-electron chi connectivity index (χ2n) is 5.94. The Hall–Kier alpha value is -2.53. The van der Waals surface area contributed by atoms with Gasteiger partial charge in [0.05, 0.1) is 31.2 Å². The molecule has 0 atom stereocenters. The van der Waals surface area contributed by atoms with Crippen LogP contribution in [0.15, 0.2) is 48.5 Å². The topological polar surface area (TPSA) is 50.8 Å². The van der Waals surface area contributed by atoms with Crippen LogP contribution in [-0.2, 0) is 4.74 Å². The van der Waals surface area contributed by atoms with Crippen LogP contribution in [0.5, 0.6) is 5.75 Å². The molecule has 0 saturated carbocycles. The van der Waals surface area contributed by atoms with Crippen molar-refractivity contribution in [1.82, 2.24) is 0 Å². The van der Waals surface area contributed by atoms with Gasteiger partial charge in [-0.3, -0.25) is 4.79 Å². The first-order valence-electron chi connectivity index (χ1n) is 8.74. The van der Waals surface area contributed by atoms with Crippen molar-refractivity contribution in [3.05, 3.63) is 54.1 Å². The number of ether oxygens (including phenoxy) is 2. The van der Waals surface area contributed by atoms with Crippen LogP contribution in [0.25, 0.3) is 0 Å². The summed E-state index contributed by atoms with van der Waals surface area (Å²) in [6.45, 7) is 5.82. The van der Waals surface area contributed by atoms with Crippen LogP contribution in [0.3, 0.4) is 0 Å². The highest BCUT2D eigenvalue weighted by atomic mass is 16.5. The number of benzene rings is 2. The zero-order valence-electron chi connectivity index (χ0n) is 14.5. The molecule has 1 aliphatic heterocycles. The Morgan fingerprint density at radius 2 is 1.84 bits per heavy atom. The number of para-hydroxylation sites is 2. The fourth-order valence-corrected chi connectivity index (χ4v) is 2.78. The Bertz CT molecular complexity index is 694. The third-order valence-corrected chi connectivity index (χ3v) is 4.09. The van der Waals surface area contributed by atoms with Gasteiger partial charge in [0.15, 0.2) is 0 Å². The molecular formula is C20H24N2O3. The molecule has 1 heterocycles. The predicted octanol–water partition coefficient (Wildman–Crippen LogP) is 3.56. The van der Waals surface area contributed by atoms with Crippen molar-refractivity contribution in [2.24, 2.45) is 0 Å². The molecule has 2 aromatic carbocycles. The molecule has 1 aliphatic rings. The summed E-state index contributed by atoms with van der Waals surface area (Å²) >= 11 is 0. The monoisotopic (exact) mass is 340 g/mol. The average Bonchev–Trinajstić information content (AvgIpc) is 2.68. The highest BCUT2D eigenvalue weighted by Crippen LogP contribution is 2.27. The molecule has 1 saturated heterocycles. The van der Waals surface area contributed by atoms with Crippen LogP contribution in [0.2, 0.25) is 0 Å². The quantitative estimate of drug-likeness (QED) is 0.873. The summed E-state index contributed by atoms with van der Waals surface area (Å²) in [7, 11) is 0. The van der Waals surface area contributed by atoms with Crippen molar-refractivity contribution < 1.29 is 14.3 Å². The zero-order chi connectivity index (χ0) is 17.5. The lowest BCUT2D eigenvalue weighted by molar-refractivity contribution is 0.102. The van der Waals surface area contributed by atoms with Crippen molar-refractivity contribution in [3.8, 4) is 5.75 Å². The van der Waals surface area contributed by atoms with Crippen molar-refractivity contribution in [1.29, 1.82) is 0 Å². The Morgan fingerprint density at radius 1 is 1.12 bits per heavy atom. The van der Waals surface area contributed by atoms with Gasteiger partial charge in [0.1, 0.15) is 5.75 Å². The molecule has 0 radical (unpaired) electrons. The largest absolute Gasteiger partial charge is 0.494 e. The molecule has 0 aromatic heterocycles. The van der Waals surface area contributed by atoms with E-state index in [0.29, 0.717) is 25.4 Å². The summed E-state index contributed by atoms with van der Waals surface area (Å²) < 4.78 is 11.0. The molecule has 132 valence electrons. The van der Waals surface area contributed by atoms with Gasteiger partial charge in [-0.1, -0.05) is 19.1 Å². The van der Waals surface area contributed by atoms with Crippen LogP contribution in [0.4, 0.5) is 11.4 Å². The number of hydrogen-bond donors (Lipinski definition) is 1. The van der Waals surface area contributed by atoms with Gasteiger partial charge in [0, 0.05) is 18.7 Å². The number of carbonyl (C=O) groups is 1. The number of anilines is 2. The fourth-order valence-electron chi connectivity index (χ4n) is 2.78. The van der Waals surface area contributed by atoms with E-state index in [1.807, 2.05) is 36.4 Å². The lowest BCUT2D eigenvalue weighted by atomic mass is 10.2. The summed E-state index contributed by atoms with van der Waals surface area (Å²) in [4.78, 5) is 14.8. The minimum atomic E-state index is -0.122. The first-order chi connectivity index (χ1) is 12.3. The minimum Gasteiger partial charge on any atom is -0.494 e. The van der Waals surface area contributed by atoms with Gasteiger partial charge >= 0.3 is 0 Å².